The maximum absolute atomic E-state index is 5.11. The van der Waals surface area contributed by atoms with Crippen molar-refractivity contribution in [2.75, 3.05) is 0 Å². The molecule has 0 unspecified atom stereocenters. The average Bonchev–Trinajstić information content (AvgIpc) is 3.88. The van der Waals surface area contributed by atoms with Crippen LogP contribution in [0.5, 0.6) is 0 Å². The molecule has 8 aromatic carbocycles. The Morgan fingerprint density at radius 2 is 0.597 bits per heavy atom. The van der Waals surface area contributed by atoms with Crippen LogP contribution in [0.1, 0.15) is 111 Å². The second-order valence-electron chi connectivity index (χ2n) is 20.9. The van der Waals surface area contributed by atoms with Crippen molar-refractivity contribution < 1.29 is 0 Å². The molecule has 0 atom stereocenters. The summed E-state index contributed by atoms with van der Waals surface area (Å²) in [5.74, 6) is 0. The second-order valence-corrected chi connectivity index (χ2v) is 20.9. The van der Waals surface area contributed by atoms with Crippen LogP contribution in [0.25, 0.3) is 103 Å². The minimum Gasteiger partial charge on any atom is -0.248 e. The number of unbranched alkanes of at least 4 members (excludes halogenated alkanes) is 6. The smallest absolute Gasteiger partial charge is 0.0715 e. The fraction of sp³-hybridized carbons (Fsp3) is 0.173. The molecule has 2 heterocycles. The van der Waals surface area contributed by atoms with Crippen LogP contribution in [0.3, 0.4) is 0 Å². The molecule has 0 aliphatic heterocycles. The predicted molar refractivity (Wildman–Crippen MR) is 329 cm³/mol. The molecule has 0 saturated heterocycles. The first-order chi connectivity index (χ1) is 38.0. The SMILES string of the molecule is CCCCCCC1(CCCCCC)c2cc(/C=C/c3ccc(-c4cc(-c5ccccc5)nc(-c5ccccc5)c4)cc3)ccc2-c2ccc(/C=C/c3ccc(-c4cc(-c5ccccc5)nc(-c5ccccc5)c4)cc3)cc21. The van der Waals surface area contributed by atoms with Gasteiger partial charge in [-0.15, -0.1) is 0 Å². The highest BCUT2D eigenvalue weighted by atomic mass is 14.7. The summed E-state index contributed by atoms with van der Waals surface area (Å²) >= 11 is 0. The van der Waals surface area contributed by atoms with E-state index in [1.165, 1.54) is 120 Å². The lowest BCUT2D eigenvalue weighted by molar-refractivity contribution is 0.401. The van der Waals surface area contributed by atoms with Gasteiger partial charge < -0.3 is 0 Å². The Hall–Kier alpha value is -8.46. The molecule has 0 spiro atoms. The van der Waals surface area contributed by atoms with Crippen molar-refractivity contribution >= 4 is 24.3 Å². The highest BCUT2D eigenvalue weighted by Crippen LogP contribution is 2.55. The highest BCUT2D eigenvalue weighted by molar-refractivity contribution is 5.86. The Morgan fingerprint density at radius 1 is 0.286 bits per heavy atom. The average molecular weight is 997 g/mol. The van der Waals surface area contributed by atoms with E-state index in [0.29, 0.717) is 0 Å². The first-order valence-corrected chi connectivity index (χ1v) is 28.2. The maximum Gasteiger partial charge on any atom is 0.0715 e. The number of pyridine rings is 2. The summed E-state index contributed by atoms with van der Waals surface area (Å²) in [6.45, 7) is 4.65. The van der Waals surface area contributed by atoms with Crippen LogP contribution in [0.4, 0.5) is 0 Å². The number of hydrogen-bond acceptors (Lipinski definition) is 2. The number of benzene rings is 8. The van der Waals surface area contributed by atoms with E-state index in [1.54, 1.807) is 0 Å². The zero-order valence-corrected chi connectivity index (χ0v) is 44.7. The van der Waals surface area contributed by atoms with Gasteiger partial charge in [0.15, 0.2) is 0 Å². The number of aromatic nitrogens is 2. The molecule has 378 valence electrons. The van der Waals surface area contributed by atoms with Crippen LogP contribution in [0.2, 0.25) is 0 Å². The van der Waals surface area contributed by atoms with E-state index < -0.39 is 0 Å². The third kappa shape index (κ3) is 11.7. The molecule has 11 rings (SSSR count). The predicted octanol–water partition coefficient (Wildman–Crippen LogP) is 21.0. The minimum atomic E-state index is -0.0351. The highest BCUT2D eigenvalue weighted by Gasteiger charge is 2.42. The molecule has 10 aromatic rings. The van der Waals surface area contributed by atoms with Gasteiger partial charge in [0.2, 0.25) is 0 Å². The summed E-state index contributed by atoms with van der Waals surface area (Å²) in [6.07, 6.45) is 21.6. The summed E-state index contributed by atoms with van der Waals surface area (Å²) in [5, 5.41) is 0. The van der Waals surface area contributed by atoms with Crippen molar-refractivity contribution in [3.8, 4) is 78.4 Å². The molecule has 0 amide bonds. The summed E-state index contributed by atoms with van der Waals surface area (Å²) in [6, 6.07) is 83.4. The van der Waals surface area contributed by atoms with E-state index in [0.717, 1.165) is 56.2 Å². The van der Waals surface area contributed by atoms with Crippen LogP contribution in [-0.2, 0) is 5.41 Å². The fourth-order valence-electron chi connectivity index (χ4n) is 11.5. The van der Waals surface area contributed by atoms with Gasteiger partial charge in [0.05, 0.1) is 22.8 Å². The van der Waals surface area contributed by atoms with Crippen LogP contribution >= 0.6 is 0 Å². The normalized spacial score (nSPS) is 12.5. The van der Waals surface area contributed by atoms with Gasteiger partial charge in [0.1, 0.15) is 0 Å². The van der Waals surface area contributed by atoms with Gasteiger partial charge in [0.25, 0.3) is 0 Å². The molecule has 77 heavy (non-hydrogen) atoms. The van der Waals surface area contributed by atoms with Gasteiger partial charge in [0, 0.05) is 27.7 Å². The minimum absolute atomic E-state index is 0.0351. The van der Waals surface area contributed by atoms with Crippen molar-refractivity contribution in [1.29, 1.82) is 0 Å². The summed E-state index contributed by atoms with van der Waals surface area (Å²) in [5.41, 5.74) is 23.7. The molecule has 0 radical (unpaired) electrons. The van der Waals surface area contributed by atoms with E-state index >= 15 is 0 Å². The quantitative estimate of drug-likeness (QED) is 0.0562. The van der Waals surface area contributed by atoms with E-state index in [1.807, 2.05) is 0 Å². The lowest BCUT2D eigenvalue weighted by Crippen LogP contribution is -2.25. The molecule has 1 aliphatic carbocycles. The number of hydrogen-bond donors (Lipinski definition) is 0. The first-order valence-electron chi connectivity index (χ1n) is 28.2. The third-order valence-corrected chi connectivity index (χ3v) is 15.7. The Morgan fingerprint density at radius 3 is 0.922 bits per heavy atom. The van der Waals surface area contributed by atoms with Gasteiger partial charge in [-0.3, -0.25) is 0 Å². The molecule has 0 N–H and O–H groups in total. The lowest BCUT2D eigenvalue weighted by Gasteiger charge is -2.33. The molecular formula is C75H68N2. The Balaban J connectivity index is 0.875. The standard InChI is InChI=1S/C75H68N2/c1-3-5-7-21-47-75(48-22-8-6-4-2)69-49-57(33-31-55-35-41-59(42-36-55)65-51-71(61-23-13-9-14-24-61)76-72(52-65)62-25-15-10-16-26-62)39-45-67(69)68-46-40-58(50-70(68)75)34-32-56-37-43-60(44-38-56)66-53-73(63-27-17-11-18-28-63)77-74(54-66)64-29-19-12-20-30-64/h9-20,23-46,49-54H,3-8,21-22,47-48H2,1-2H3/b33-31+,34-32+. The third-order valence-electron chi connectivity index (χ3n) is 15.7. The van der Waals surface area contributed by atoms with Gasteiger partial charge >= 0.3 is 0 Å². The van der Waals surface area contributed by atoms with Crippen LogP contribution in [0.15, 0.2) is 231 Å². The maximum atomic E-state index is 5.11. The Kier molecular flexibility index (Phi) is 15.8. The molecule has 2 aromatic heterocycles. The topological polar surface area (TPSA) is 25.8 Å². The summed E-state index contributed by atoms with van der Waals surface area (Å²) in [4.78, 5) is 10.2. The zero-order chi connectivity index (χ0) is 52.2. The van der Waals surface area contributed by atoms with Gasteiger partial charge in [-0.05, 0) is 104 Å². The van der Waals surface area contributed by atoms with Crippen molar-refractivity contribution in [2.45, 2.75) is 83.5 Å². The van der Waals surface area contributed by atoms with Crippen LogP contribution in [0, 0.1) is 0 Å². The largest absolute Gasteiger partial charge is 0.248 e. The Labute approximate surface area is 457 Å². The molecular weight excluding hydrogens is 929 g/mol. The van der Waals surface area contributed by atoms with Crippen molar-refractivity contribution in [3.05, 3.63) is 264 Å². The van der Waals surface area contributed by atoms with Crippen molar-refractivity contribution in [3.63, 3.8) is 0 Å². The van der Waals surface area contributed by atoms with Gasteiger partial charge in [-0.2, -0.15) is 0 Å². The monoisotopic (exact) mass is 997 g/mol. The number of rotatable bonds is 20. The summed E-state index contributed by atoms with van der Waals surface area (Å²) < 4.78 is 0. The Bertz CT molecular complexity index is 3250. The number of fused-ring (bicyclic) bond motifs is 3. The summed E-state index contributed by atoms with van der Waals surface area (Å²) in [7, 11) is 0. The first kappa shape index (κ1) is 50.7. The van der Waals surface area contributed by atoms with Gasteiger partial charge in [-0.1, -0.05) is 296 Å². The molecule has 2 nitrogen and oxygen atoms in total. The molecule has 1 aliphatic rings. The molecule has 0 bridgehead atoms. The fourth-order valence-corrected chi connectivity index (χ4v) is 11.5. The molecule has 0 fully saturated rings. The second kappa shape index (κ2) is 24.0. The zero-order valence-electron chi connectivity index (χ0n) is 44.7. The van der Waals surface area contributed by atoms with Crippen LogP contribution in [-0.4, -0.2) is 9.97 Å². The van der Waals surface area contributed by atoms with E-state index in [9.17, 15) is 0 Å². The lowest BCUT2D eigenvalue weighted by atomic mass is 9.70. The van der Waals surface area contributed by atoms with E-state index in [2.05, 4.69) is 269 Å². The van der Waals surface area contributed by atoms with Crippen molar-refractivity contribution in [1.82, 2.24) is 9.97 Å². The molecule has 0 saturated carbocycles. The van der Waals surface area contributed by atoms with Gasteiger partial charge in [-0.25, -0.2) is 9.97 Å². The van der Waals surface area contributed by atoms with E-state index in [-0.39, 0.29) is 5.41 Å². The van der Waals surface area contributed by atoms with Crippen LogP contribution < -0.4 is 0 Å². The number of nitrogens with zero attached hydrogens (tertiary/aromatic N) is 2. The van der Waals surface area contributed by atoms with E-state index in [4.69, 9.17) is 9.97 Å². The van der Waals surface area contributed by atoms with Crippen molar-refractivity contribution in [2.24, 2.45) is 0 Å². The molecule has 2 heteroatoms.